The van der Waals surface area contributed by atoms with E-state index in [1.807, 2.05) is 72.8 Å². The van der Waals surface area contributed by atoms with Crippen LogP contribution in [0.3, 0.4) is 0 Å². The molecule has 4 aromatic heterocycles. The molecule has 0 N–H and O–H groups in total. The van der Waals surface area contributed by atoms with Crippen molar-refractivity contribution in [2.45, 2.75) is 0 Å². The van der Waals surface area contributed by atoms with Gasteiger partial charge in [0.2, 0.25) is 0 Å². The van der Waals surface area contributed by atoms with E-state index in [-0.39, 0.29) is 0 Å². The molecule has 0 atom stereocenters. The molecule has 0 aliphatic carbocycles. The van der Waals surface area contributed by atoms with Crippen LogP contribution in [0.4, 0.5) is 0 Å². The van der Waals surface area contributed by atoms with Gasteiger partial charge < -0.3 is 0 Å². The third-order valence-corrected chi connectivity index (χ3v) is 5.98. The van der Waals surface area contributed by atoms with E-state index in [4.69, 9.17) is 9.97 Å². The molecule has 6 rings (SSSR count). The predicted octanol–water partition coefficient (Wildman–Crippen LogP) is 7.60. The lowest BCUT2D eigenvalue weighted by Crippen LogP contribution is -1.97. The first-order valence-corrected chi connectivity index (χ1v) is 11.8. The molecule has 0 spiro atoms. The van der Waals surface area contributed by atoms with Crippen LogP contribution < -0.4 is 0 Å². The van der Waals surface area contributed by atoms with E-state index in [2.05, 4.69) is 58.5 Å². The third-order valence-electron chi connectivity index (χ3n) is 5.98. The first-order chi connectivity index (χ1) is 17.8. The Bertz CT molecular complexity index is 1360. The monoisotopic (exact) mass is 462 g/mol. The lowest BCUT2D eigenvalue weighted by atomic mass is 10.00. The predicted molar refractivity (Wildman–Crippen MR) is 145 cm³/mol. The first kappa shape index (κ1) is 21.6. The van der Waals surface area contributed by atoms with Gasteiger partial charge in [0, 0.05) is 12.4 Å². The molecule has 0 unspecified atom stereocenters. The van der Waals surface area contributed by atoms with Crippen molar-refractivity contribution < 1.29 is 0 Å². The SMILES string of the molecule is c1ccc(-c2cc(-c3ccccn3)nc(-c3cc(-c4ccccc4)cc(-c4ccccn4)n3)c2)cc1. The molecule has 0 aliphatic rings. The zero-order valence-corrected chi connectivity index (χ0v) is 19.5. The smallest absolute Gasteiger partial charge is 0.0901 e. The molecule has 4 heteroatoms. The minimum absolute atomic E-state index is 0.784. The number of rotatable bonds is 5. The summed E-state index contributed by atoms with van der Waals surface area (Å²) in [6.07, 6.45) is 3.58. The van der Waals surface area contributed by atoms with Gasteiger partial charge in [-0.05, 0) is 70.8 Å². The zero-order chi connectivity index (χ0) is 24.2. The zero-order valence-electron chi connectivity index (χ0n) is 19.5. The maximum absolute atomic E-state index is 5.02. The lowest BCUT2D eigenvalue weighted by molar-refractivity contribution is 1.21. The van der Waals surface area contributed by atoms with Crippen molar-refractivity contribution in [1.29, 1.82) is 0 Å². The van der Waals surface area contributed by atoms with Crippen LogP contribution in [0.15, 0.2) is 134 Å². The van der Waals surface area contributed by atoms with Gasteiger partial charge in [0.05, 0.1) is 34.2 Å². The van der Waals surface area contributed by atoms with Crippen molar-refractivity contribution in [3.05, 3.63) is 134 Å². The summed E-state index contributed by atoms with van der Waals surface area (Å²) in [4.78, 5) is 19.2. The van der Waals surface area contributed by atoms with Gasteiger partial charge in [-0.2, -0.15) is 0 Å². The second-order valence-electron chi connectivity index (χ2n) is 8.41. The molecule has 4 nitrogen and oxygen atoms in total. The van der Waals surface area contributed by atoms with Crippen LogP contribution in [0.2, 0.25) is 0 Å². The molecular formula is C32H22N4. The maximum atomic E-state index is 5.02. The first-order valence-electron chi connectivity index (χ1n) is 11.8. The van der Waals surface area contributed by atoms with E-state index < -0.39 is 0 Å². The van der Waals surface area contributed by atoms with E-state index >= 15 is 0 Å². The fourth-order valence-corrected chi connectivity index (χ4v) is 4.21. The van der Waals surface area contributed by atoms with Crippen molar-refractivity contribution >= 4 is 0 Å². The Hall–Kier alpha value is -4.96. The molecule has 0 fully saturated rings. The Balaban J connectivity index is 1.58. The average Bonchev–Trinajstić information content (AvgIpc) is 2.98. The molecule has 4 heterocycles. The van der Waals surface area contributed by atoms with Gasteiger partial charge in [0.1, 0.15) is 0 Å². The lowest BCUT2D eigenvalue weighted by Gasteiger charge is -2.12. The molecule has 6 aromatic rings. The Labute approximate surface area is 210 Å². The Morgan fingerprint density at radius 1 is 0.306 bits per heavy atom. The number of nitrogens with zero attached hydrogens (tertiary/aromatic N) is 4. The van der Waals surface area contributed by atoms with Crippen LogP contribution in [-0.2, 0) is 0 Å². The Morgan fingerprint density at radius 2 is 0.667 bits per heavy atom. The second kappa shape index (κ2) is 9.72. The van der Waals surface area contributed by atoms with Crippen molar-refractivity contribution in [1.82, 2.24) is 19.9 Å². The van der Waals surface area contributed by atoms with Gasteiger partial charge in [-0.25, -0.2) is 9.97 Å². The largest absolute Gasteiger partial charge is 0.255 e. The molecule has 0 radical (unpaired) electrons. The summed E-state index contributed by atoms with van der Waals surface area (Å²) in [5, 5.41) is 0. The highest BCUT2D eigenvalue weighted by Gasteiger charge is 2.14. The van der Waals surface area contributed by atoms with E-state index in [1.165, 1.54) is 0 Å². The number of hydrogen-bond donors (Lipinski definition) is 0. The standard InChI is InChI=1S/C32H22N4/c1-3-11-23(12-4-1)25-19-29(27-15-7-9-17-33-27)35-31(21-25)32-22-26(24-13-5-2-6-14-24)20-30(36-32)28-16-8-10-18-34-28/h1-22H. The van der Waals surface area contributed by atoms with Gasteiger partial charge in [-0.1, -0.05) is 72.8 Å². The summed E-state index contributed by atoms with van der Waals surface area (Å²) in [5.41, 5.74) is 9.17. The van der Waals surface area contributed by atoms with E-state index in [9.17, 15) is 0 Å². The summed E-state index contributed by atoms with van der Waals surface area (Å²) < 4.78 is 0. The van der Waals surface area contributed by atoms with Crippen LogP contribution in [-0.4, -0.2) is 19.9 Å². The van der Waals surface area contributed by atoms with Gasteiger partial charge in [-0.15, -0.1) is 0 Å². The second-order valence-corrected chi connectivity index (χ2v) is 8.41. The summed E-state index contributed by atoms with van der Waals surface area (Å²) in [6.45, 7) is 0. The molecule has 0 saturated carbocycles. The van der Waals surface area contributed by atoms with E-state index in [0.29, 0.717) is 0 Å². The quantitative estimate of drug-likeness (QED) is 0.265. The molecular weight excluding hydrogens is 440 g/mol. The van der Waals surface area contributed by atoms with Gasteiger partial charge >= 0.3 is 0 Å². The fourth-order valence-electron chi connectivity index (χ4n) is 4.21. The fraction of sp³-hybridized carbons (Fsp3) is 0. The topological polar surface area (TPSA) is 51.6 Å². The minimum Gasteiger partial charge on any atom is -0.255 e. The summed E-state index contributed by atoms with van der Waals surface area (Å²) in [7, 11) is 0. The maximum Gasteiger partial charge on any atom is 0.0901 e. The van der Waals surface area contributed by atoms with Crippen LogP contribution in [0.25, 0.3) is 56.4 Å². The van der Waals surface area contributed by atoms with Gasteiger partial charge in [0.25, 0.3) is 0 Å². The van der Waals surface area contributed by atoms with Crippen LogP contribution in [0.5, 0.6) is 0 Å². The molecule has 0 bridgehead atoms. The molecule has 0 saturated heterocycles. The van der Waals surface area contributed by atoms with E-state index in [1.54, 1.807) is 12.4 Å². The minimum atomic E-state index is 0.784. The molecule has 0 aliphatic heterocycles. The number of pyridine rings is 4. The average molecular weight is 463 g/mol. The van der Waals surface area contributed by atoms with Crippen LogP contribution >= 0.6 is 0 Å². The third kappa shape index (κ3) is 4.52. The van der Waals surface area contributed by atoms with Crippen molar-refractivity contribution in [3.8, 4) is 56.4 Å². The highest BCUT2D eigenvalue weighted by molar-refractivity contribution is 5.78. The summed E-state index contributed by atoms with van der Waals surface area (Å²) in [5.74, 6) is 0. The molecule has 36 heavy (non-hydrogen) atoms. The van der Waals surface area contributed by atoms with Crippen molar-refractivity contribution in [2.24, 2.45) is 0 Å². The highest BCUT2D eigenvalue weighted by atomic mass is 14.8. The van der Waals surface area contributed by atoms with Gasteiger partial charge in [-0.3, -0.25) is 9.97 Å². The Morgan fingerprint density at radius 3 is 1.03 bits per heavy atom. The summed E-state index contributed by atoms with van der Waals surface area (Å²) >= 11 is 0. The van der Waals surface area contributed by atoms with Crippen LogP contribution in [0, 0.1) is 0 Å². The number of aromatic nitrogens is 4. The van der Waals surface area contributed by atoms with Crippen molar-refractivity contribution in [2.75, 3.05) is 0 Å². The molecule has 2 aromatic carbocycles. The van der Waals surface area contributed by atoms with Gasteiger partial charge in [0.15, 0.2) is 0 Å². The normalized spacial score (nSPS) is 10.8. The van der Waals surface area contributed by atoms with E-state index in [0.717, 1.165) is 56.4 Å². The summed E-state index contributed by atoms with van der Waals surface area (Å²) in [6, 6.07) is 40.8. The molecule has 0 amide bonds. The molecule has 170 valence electrons. The Kier molecular flexibility index (Phi) is 5.83. The highest BCUT2D eigenvalue weighted by Crippen LogP contribution is 2.32. The van der Waals surface area contributed by atoms with Crippen LogP contribution in [0.1, 0.15) is 0 Å². The van der Waals surface area contributed by atoms with Crippen molar-refractivity contribution in [3.63, 3.8) is 0 Å². The number of benzene rings is 2. The number of hydrogen-bond acceptors (Lipinski definition) is 4.